The molecular formula is C12H15N3O. The fourth-order valence-electron chi connectivity index (χ4n) is 1.70. The first-order chi connectivity index (χ1) is 7.72. The molecule has 0 fully saturated rings. The zero-order valence-electron chi connectivity index (χ0n) is 9.22. The van der Waals surface area contributed by atoms with E-state index >= 15 is 0 Å². The van der Waals surface area contributed by atoms with Crippen LogP contribution >= 0.6 is 0 Å². The fraction of sp³-hybridized carbons (Fsp3) is 0.250. The predicted octanol–water partition coefficient (Wildman–Crippen LogP) is 1.39. The van der Waals surface area contributed by atoms with Gasteiger partial charge in [-0.1, -0.05) is 0 Å². The molecule has 4 heteroatoms. The third kappa shape index (κ3) is 1.92. The summed E-state index contributed by atoms with van der Waals surface area (Å²) >= 11 is 0. The van der Waals surface area contributed by atoms with Crippen LogP contribution < -0.4 is 5.73 Å². The molecule has 1 aromatic carbocycles. The van der Waals surface area contributed by atoms with Crippen molar-refractivity contribution in [1.82, 2.24) is 9.78 Å². The van der Waals surface area contributed by atoms with Gasteiger partial charge in [0.05, 0.1) is 11.9 Å². The largest absolute Gasteiger partial charge is 0.508 e. The van der Waals surface area contributed by atoms with E-state index in [0.29, 0.717) is 6.54 Å². The van der Waals surface area contributed by atoms with Gasteiger partial charge in [0.15, 0.2) is 0 Å². The number of hydrogen-bond acceptors (Lipinski definition) is 3. The summed E-state index contributed by atoms with van der Waals surface area (Å²) in [5.74, 6) is 0.260. The van der Waals surface area contributed by atoms with E-state index in [2.05, 4.69) is 5.10 Å². The molecule has 0 saturated carbocycles. The van der Waals surface area contributed by atoms with E-state index in [1.54, 1.807) is 12.1 Å². The van der Waals surface area contributed by atoms with E-state index < -0.39 is 0 Å². The molecule has 84 valence electrons. The molecule has 0 aliphatic rings. The maximum atomic E-state index is 9.22. The molecular weight excluding hydrogens is 202 g/mol. The number of nitrogens with zero attached hydrogens (tertiary/aromatic N) is 2. The van der Waals surface area contributed by atoms with Gasteiger partial charge in [-0.25, -0.2) is 4.68 Å². The maximum Gasteiger partial charge on any atom is 0.115 e. The van der Waals surface area contributed by atoms with Crippen LogP contribution in [0.2, 0.25) is 0 Å². The zero-order chi connectivity index (χ0) is 11.5. The van der Waals surface area contributed by atoms with E-state index in [0.717, 1.165) is 23.4 Å². The van der Waals surface area contributed by atoms with Gasteiger partial charge >= 0.3 is 0 Å². The second-order valence-corrected chi connectivity index (χ2v) is 3.72. The number of aromatic hydroxyl groups is 1. The Balaban J connectivity index is 2.37. The first-order valence-corrected chi connectivity index (χ1v) is 5.25. The molecule has 0 amide bonds. The average molecular weight is 217 g/mol. The van der Waals surface area contributed by atoms with Crippen LogP contribution in [-0.4, -0.2) is 21.4 Å². The van der Waals surface area contributed by atoms with Gasteiger partial charge in [-0.2, -0.15) is 5.10 Å². The van der Waals surface area contributed by atoms with Gasteiger partial charge < -0.3 is 10.8 Å². The van der Waals surface area contributed by atoms with Crippen molar-refractivity contribution in [3.8, 4) is 11.4 Å². The topological polar surface area (TPSA) is 64.1 Å². The Morgan fingerprint density at radius 1 is 1.31 bits per heavy atom. The molecule has 16 heavy (non-hydrogen) atoms. The quantitative estimate of drug-likeness (QED) is 0.816. The van der Waals surface area contributed by atoms with Crippen LogP contribution in [0, 0.1) is 6.92 Å². The van der Waals surface area contributed by atoms with Crippen molar-refractivity contribution in [2.75, 3.05) is 6.54 Å². The summed E-state index contributed by atoms with van der Waals surface area (Å²) in [6, 6.07) is 6.97. The highest BCUT2D eigenvalue weighted by atomic mass is 16.3. The fourth-order valence-corrected chi connectivity index (χ4v) is 1.70. The lowest BCUT2D eigenvalue weighted by Gasteiger charge is -2.05. The van der Waals surface area contributed by atoms with Gasteiger partial charge in [-0.15, -0.1) is 0 Å². The SMILES string of the molecule is Cc1c(CCN)cnn1-c1ccc(O)cc1. The number of phenols is 1. The molecule has 0 saturated heterocycles. The lowest BCUT2D eigenvalue weighted by Crippen LogP contribution is -2.04. The Morgan fingerprint density at radius 3 is 2.62 bits per heavy atom. The summed E-state index contributed by atoms with van der Waals surface area (Å²) < 4.78 is 1.85. The number of rotatable bonds is 3. The summed E-state index contributed by atoms with van der Waals surface area (Å²) in [5, 5.41) is 13.5. The van der Waals surface area contributed by atoms with E-state index in [4.69, 9.17) is 5.73 Å². The minimum absolute atomic E-state index is 0.260. The summed E-state index contributed by atoms with van der Waals surface area (Å²) in [7, 11) is 0. The van der Waals surface area contributed by atoms with Crippen LogP contribution in [0.1, 0.15) is 11.3 Å². The van der Waals surface area contributed by atoms with Gasteiger partial charge in [-0.3, -0.25) is 0 Å². The second kappa shape index (κ2) is 4.37. The monoisotopic (exact) mass is 217 g/mol. The lowest BCUT2D eigenvalue weighted by atomic mass is 10.2. The van der Waals surface area contributed by atoms with E-state index in [9.17, 15) is 5.11 Å². The van der Waals surface area contributed by atoms with Crippen molar-refractivity contribution >= 4 is 0 Å². The van der Waals surface area contributed by atoms with Crippen molar-refractivity contribution in [3.63, 3.8) is 0 Å². The van der Waals surface area contributed by atoms with Crippen molar-refractivity contribution in [2.24, 2.45) is 5.73 Å². The number of phenolic OH excluding ortho intramolecular Hbond substituents is 1. The summed E-state index contributed by atoms with van der Waals surface area (Å²) in [6.07, 6.45) is 2.68. The van der Waals surface area contributed by atoms with Crippen LogP contribution in [0.5, 0.6) is 5.75 Å². The van der Waals surface area contributed by atoms with Crippen LogP contribution in [0.25, 0.3) is 5.69 Å². The second-order valence-electron chi connectivity index (χ2n) is 3.72. The summed E-state index contributed by atoms with van der Waals surface area (Å²) in [4.78, 5) is 0. The normalized spacial score (nSPS) is 10.6. The van der Waals surface area contributed by atoms with Crippen LogP contribution in [0.3, 0.4) is 0 Å². The van der Waals surface area contributed by atoms with Crippen LogP contribution in [0.15, 0.2) is 30.5 Å². The Labute approximate surface area is 94.3 Å². The Kier molecular flexibility index (Phi) is 2.92. The Hall–Kier alpha value is -1.81. The maximum absolute atomic E-state index is 9.22. The molecule has 3 N–H and O–H groups in total. The molecule has 2 rings (SSSR count). The smallest absolute Gasteiger partial charge is 0.115 e. The summed E-state index contributed by atoms with van der Waals surface area (Å²) in [6.45, 7) is 2.65. The number of hydrogen-bond donors (Lipinski definition) is 2. The van der Waals surface area contributed by atoms with Crippen LogP contribution in [0.4, 0.5) is 0 Å². The highest BCUT2D eigenvalue weighted by Gasteiger charge is 2.06. The minimum Gasteiger partial charge on any atom is -0.508 e. The molecule has 2 aromatic rings. The summed E-state index contributed by atoms with van der Waals surface area (Å²) in [5.41, 5.74) is 8.73. The minimum atomic E-state index is 0.260. The molecule has 0 unspecified atom stereocenters. The molecule has 0 aliphatic heterocycles. The van der Waals surface area contributed by atoms with Crippen molar-refractivity contribution < 1.29 is 5.11 Å². The average Bonchev–Trinajstić information content (AvgIpc) is 2.63. The molecule has 0 bridgehead atoms. The molecule has 4 nitrogen and oxygen atoms in total. The van der Waals surface area contributed by atoms with Gasteiger partial charge in [0.1, 0.15) is 5.75 Å². The number of benzene rings is 1. The zero-order valence-corrected chi connectivity index (χ0v) is 9.22. The first kappa shape index (κ1) is 10.7. The highest BCUT2D eigenvalue weighted by Crippen LogP contribution is 2.17. The van der Waals surface area contributed by atoms with Crippen molar-refractivity contribution in [3.05, 3.63) is 41.7 Å². The third-order valence-electron chi connectivity index (χ3n) is 2.62. The van der Waals surface area contributed by atoms with Crippen LogP contribution in [-0.2, 0) is 6.42 Å². The van der Waals surface area contributed by atoms with Gasteiger partial charge in [0.2, 0.25) is 0 Å². The standard InChI is InChI=1S/C12H15N3O/c1-9-10(6-7-13)8-14-15(9)11-2-4-12(16)5-3-11/h2-5,8,16H,6-7,13H2,1H3. The molecule has 0 aliphatic carbocycles. The Bertz CT molecular complexity index is 474. The van der Waals surface area contributed by atoms with E-state index in [1.807, 2.05) is 29.9 Å². The Morgan fingerprint density at radius 2 is 2.00 bits per heavy atom. The van der Waals surface area contributed by atoms with Gasteiger partial charge in [-0.05, 0) is 49.7 Å². The van der Waals surface area contributed by atoms with Crippen molar-refractivity contribution in [1.29, 1.82) is 0 Å². The molecule has 0 atom stereocenters. The van der Waals surface area contributed by atoms with Gasteiger partial charge in [0.25, 0.3) is 0 Å². The van der Waals surface area contributed by atoms with Gasteiger partial charge in [0, 0.05) is 5.69 Å². The molecule has 1 aromatic heterocycles. The number of nitrogens with two attached hydrogens (primary N) is 1. The number of aromatic nitrogens is 2. The van der Waals surface area contributed by atoms with Crippen molar-refractivity contribution in [2.45, 2.75) is 13.3 Å². The third-order valence-corrected chi connectivity index (χ3v) is 2.62. The van der Waals surface area contributed by atoms with E-state index in [-0.39, 0.29) is 5.75 Å². The molecule has 0 radical (unpaired) electrons. The highest BCUT2D eigenvalue weighted by molar-refractivity contribution is 5.38. The molecule has 1 heterocycles. The predicted molar refractivity (Wildman–Crippen MR) is 62.7 cm³/mol. The first-order valence-electron chi connectivity index (χ1n) is 5.25. The lowest BCUT2D eigenvalue weighted by molar-refractivity contribution is 0.475. The van der Waals surface area contributed by atoms with E-state index in [1.165, 1.54) is 0 Å². The molecule has 0 spiro atoms.